The summed E-state index contributed by atoms with van der Waals surface area (Å²) in [5.74, 6) is -0.0955. The molecule has 94 valence electrons. The van der Waals surface area contributed by atoms with Gasteiger partial charge >= 0.3 is 0 Å². The highest BCUT2D eigenvalue weighted by molar-refractivity contribution is 6.32. The molecule has 0 radical (unpaired) electrons. The van der Waals surface area contributed by atoms with Gasteiger partial charge in [-0.1, -0.05) is 0 Å². The average molecular weight is 258 g/mol. The van der Waals surface area contributed by atoms with Gasteiger partial charge in [0.15, 0.2) is 0 Å². The maximum atomic E-state index is 12.3. The van der Waals surface area contributed by atoms with Crippen molar-refractivity contribution in [2.75, 3.05) is 13.2 Å². The van der Waals surface area contributed by atoms with E-state index in [0.29, 0.717) is 12.0 Å². The first-order valence-corrected chi connectivity index (χ1v) is 6.26. The van der Waals surface area contributed by atoms with Crippen LogP contribution in [0.5, 0.6) is 0 Å². The predicted octanol–water partition coefficient (Wildman–Crippen LogP) is 2.31. The summed E-state index contributed by atoms with van der Waals surface area (Å²) in [7, 11) is 0. The van der Waals surface area contributed by atoms with Crippen LogP contribution in [0.2, 0.25) is 5.22 Å². The number of hydrogen-bond donors (Lipinski definition) is 1. The second-order valence-electron chi connectivity index (χ2n) is 4.27. The Balaban J connectivity index is 2.14. The summed E-state index contributed by atoms with van der Waals surface area (Å²) in [4.78, 5) is 14.1. The Hall–Kier alpha value is -1.00. The van der Waals surface area contributed by atoms with E-state index in [2.05, 4.69) is 0 Å². The maximum absolute atomic E-state index is 12.3. The van der Waals surface area contributed by atoms with Gasteiger partial charge in [-0.15, -0.1) is 0 Å². The normalized spacial score (nSPS) is 20.6. The third-order valence-electron chi connectivity index (χ3n) is 3.20. The molecule has 0 bridgehead atoms. The molecule has 2 heterocycles. The lowest BCUT2D eigenvalue weighted by Crippen LogP contribution is -2.44. The predicted molar refractivity (Wildman–Crippen MR) is 64.1 cm³/mol. The minimum absolute atomic E-state index is 0.0955. The van der Waals surface area contributed by atoms with E-state index < -0.39 is 0 Å². The van der Waals surface area contributed by atoms with E-state index in [-0.39, 0.29) is 23.8 Å². The van der Waals surface area contributed by atoms with Crippen LogP contribution < -0.4 is 0 Å². The van der Waals surface area contributed by atoms with Gasteiger partial charge in [-0.3, -0.25) is 4.79 Å². The van der Waals surface area contributed by atoms with Crippen molar-refractivity contribution >= 4 is 17.5 Å². The second kappa shape index (κ2) is 5.56. The zero-order chi connectivity index (χ0) is 12.3. The van der Waals surface area contributed by atoms with Gasteiger partial charge in [0.05, 0.1) is 11.8 Å². The highest BCUT2D eigenvalue weighted by Crippen LogP contribution is 2.25. The van der Waals surface area contributed by atoms with Crippen LogP contribution in [0.1, 0.15) is 36.0 Å². The van der Waals surface area contributed by atoms with Crippen LogP contribution in [0, 0.1) is 0 Å². The molecular formula is C12H16ClNO3. The smallest absolute Gasteiger partial charge is 0.258 e. The van der Waals surface area contributed by atoms with Crippen molar-refractivity contribution in [3.05, 3.63) is 23.1 Å². The summed E-state index contributed by atoms with van der Waals surface area (Å²) in [6.45, 7) is 0.832. The number of halogens is 1. The van der Waals surface area contributed by atoms with Crippen molar-refractivity contribution < 1.29 is 14.3 Å². The number of likely N-dealkylation sites (tertiary alicyclic amines) is 1. The number of aliphatic hydroxyl groups excluding tert-OH is 1. The third kappa shape index (κ3) is 2.64. The number of furan rings is 1. The molecule has 1 aliphatic heterocycles. The molecule has 1 aromatic rings. The first-order valence-electron chi connectivity index (χ1n) is 5.89. The summed E-state index contributed by atoms with van der Waals surface area (Å²) in [6.07, 6.45) is 5.10. The molecule has 5 heteroatoms. The molecule has 0 spiro atoms. The Morgan fingerprint density at radius 3 is 3.06 bits per heavy atom. The number of rotatable bonds is 3. The van der Waals surface area contributed by atoms with Crippen molar-refractivity contribution in [3.8, 4) is 0 Å². The molecule has 1 saturated heterocycles. The van der Waals surface area contributed by atoms with E-state index in [1.807, 2.05) is 0 Å². The van der Waals surface area contributed by atoms with Gasteiger partial charge in [0.2, 0.25) is 5.22 Å². The van der Waals surface area contributed by atoms with Gasteiger partial charge < -0.3 is 14.4 Å². The number of amides is 1. The zero-order valence-electron chi connectivity index (χ0n) is 9.56. The molecule has 1 amide bonds. The molecule has 0 aliphatic carbocycles. The van der Waals surface area contributed by atoms with Gasteiger partial charge in [-0.05, 0) is 43.4 Å². The lowest BCUT2D eigenvalue weighted by atomic mass is 9.99. The fourth-order valence-electron chi connectivity index (χ4n) is 2.32. The fraction of sp³-hybridized carbons (Fsp3) is 0.583. The third-order valence-corrected chi connectivity index (χ3v) is 3.49. The van der Waals surface area contributed by atoms with E-state index >= 15 is 0 Å². The molecule has 1 aliphatic rings. The van der Waals surface area contributed by atoms with Crippen molar-refractivity contribution in [1.82, 2.24) is 4.90 Å². The molecule has 17 heavy (non-hydrogen) atoms. The Morgan fingerprint density at radius 2 is 2.41 bits per heavy atom. The summed E-state index contributed by atoms with van der Waals surface area (Å²) < 4.78 is 4.94. The first kappa shape index (κ1) is 12.5. The fourth-order valence-corrected chi connectivity index (χ4v) is 2.51. The van der Waals surface area contributed by atoms with Crippen molar-refractivity contribution in [2.45, 2.75) is 31.7 Å². The molecule has 1 fully saturated rings. The Bertz CT molecular complexity index is 389. The van der Waals surface area contributed by atoms with E-state index in [1.54, 1.807) is 11.0 Å². The number of nitrogens with zero attached hydrogens (tertiary/aromatic N) is 1. The van der Waals surface area contributed by atoms with E-state index in [9.17, 15) is 4.79 Å². The Kier molecular flexibility index (Phi) is 4.07. The molecule has 4 nitrogen and oxygen atoms in total. The molecule has 1 N–H and O–H groups in total. The summed E-state index contributed by atoms with van der Waals surface area (Å²) in [5.41, 5.74) is 0.413. The minimum atomic E-state index is -0.0955. The zero-order valence-corrected chi connectivity index (χ0v) is 10.3. The molecule has 1 atom stereocenters. The van der Waals surface area contributed by atoms with Crippen molar-refractivity contribution in [2.24, 2.45) is 0 Å². The van der Waals surface area contributed by atoms with E-state index in [1.165, 1.54) is 6.26 Å². The second-order valence-corrected chi connectivity index (χ2v) is 4.61. The van der Waals surface area contributed by atoms with Gasteiger partial charge in [-0.2, -0.15) is 0 Å². The quantitative estimate of drug-likeness (QED) is 0.904. The number of hydrogen-bond acceptors (Lipinski definition) is 3. The largest absolute Gasteiger partial charge is 0.452 e. The maximum Gasteiger partial charge on any atom is 0.258 e. The number of aliphatic hydroxyl groups is 1. The van der Waals surface area contributed by atoms with Gasteiger partial charge in [0, 0.05) is 19.2 Å². The highest BCUT2D eigenvalue weighted by Gasteiger charge is 2.28. The minimum Gasteiger partial charge on any atom is -0.452 e. The average Bonchev–Trinajstić information content (AvgIpc) is 2.76. The van der Waals surface area contributed by atoms with Crippen LogP contribution in [-0.4, -0.2) is 35.1 Å². The summed E-state index contributed by atoms with van der Waals surface area (Å²) >= 11 is 5.82. The first-order chi connectivity index (χ1) is 8.24. The summed E-state index contributed by atoms with van der Waals surface area (Å²) in [5, 5.41) is 9.16. The number of carbonyl (C=O) groups is 1. The monoisotopic (exact) mass is 257 g/mol. The van der Waals surface area contributed by atoms with E-state index in [0.717, 1.165) is 25.8 Å². The van der Waals surface area contributed by atoms with Crippen LogP contribution in [0.3, 0.4) is 0 Å². The van der Waals surface area contributed by atoms with Gasteiger partial charge in [0.25, 0.3) is 5.91 Å². The standard InChI is InChI=1S/C12H16ClNO3/c13-11-10(5-8-17-11)12(16)14-6-2-1-3-9(14)4-7-15/h5,8-9,15H,1-4,6-7H2. The molecule has 1 unspecified atom stereocenters. The Morgan fingerprint density at radius 1 is 1.59 bits per heavy atom. The highest BCUT2D eigenvalue weighted by atomic mass is 35.5. The molecule has 2 rings (SSSR count). The lowest BCUT2D eigenvalue weighted by molar-refractivity contribution is 0.0574. The number of carbonyl (C=O) groups excluding carboxylic acids is 1. The van der Waals surface area contributed by atoms with Gasteiger partial charge in [-0.25, -0.2) is 0 Å². The summed E-state index contributed by atoms with van der Waals surface area (Å²) in [6, 6.07) is 1.71. The molecular weight excluding hydrogens is 242 g/mol. The number of piperidine rings is 1. The van der Waals surface area contributed by atoms with Crippen LogP contribution >= 0.6 is 11.6 Å². The lowest BCUT2D eigenvalue weighted by Gasteiger charge is -2.35. The van der Waals surface area contributed by atoms with Crippen LogP contribution in [0.25, 0.3) is 0 Å². The van der Waals surface area contributed by atoms with E-state index in [4.69, 9.17) is 21.1 Å². The topological polar surface area (TPSA) is 53.7 Å². The van der Waals surface area contributed by atoms with Crippen LogP contribution in [0.4, 0.5) is 0 Å². The van der Waals surface area contributed by atoms with Crippen LogP contribution in [-0.2, 0) is 0 Å². The van der Waals surface area contributed by atoms with Gasteiger partial charge in [0.1, 0.15) is 0 Å². The van der Waals surface area contributed by atoms with Crippen LogP contribution in [0.15, 0.2) is 16.7 Å². The molecule has 0 aromatic carbocycles. The Labute approximate surface area is 105 Å². The molecule has 0 saturated carbocycles. The SMILES string of the molecule is O=C(c1ccoc1Cl)N1CCCCC1CCO. The van der Waals surface area contributed by atoms with Crippen molar-refractivity contribution in [1.29, 1.82) is 0 Å². The molecule has 1 aromatic heterocycles. The van der Waals surface area contributed by atoms with Crippen molar-refractivity contribution in [3.63, 3.8) is 0 Å².